The van der Waals surface area contributed by atoms with Gasteiger partial charge in [-0.2, -0.15) is 0 Å². The Morgan fingerprint density at radius 1 is 1.19 bits per heavy atom. The summed E-state index contributed by atoms with van der Waals surface area (Å²) in [5, 5.41) is 0. The SMILES string of the molecule is C=CCN(C(=O)C1=CC(OC)=CCC1)c1ccccc1.[C-]#[O+].[C-]#[O+].[C-]#[O+].[Fe]. The number of anilines is 1. The number of hydrogen-bond donors (Lipinski definition) is 0. The Morgan fingerprint density at radius 3 is 2.22 bits per heavy atom. The third kappa shape index (κ3) is 10.2. The van der Waals surface area contributed by atoms with Crippen LogP contribution in [0.4, 0.5) is 5.69 Å². The van der Waals surface area contributed by atoms with Crippen molar-refractivity contribution < 1.29 is 40.6 Å². The first-order chi connectivity index (χ1) is 12.8. The van der Waals surface area contributed by atoms with E-state index in [1.165, 1.54) is 0 Å². The molecule has 0 fully saturated rings. The van der Waals surface area contributed by atoms with E-state index in [-0.39, 0.29) is 23.0 Å². The van der Waals surface area contributed by atoms with Crippen LogP contribution in [-0.2, 0) is 40.6 Å². The summed E-state index contributed by atoms with van der Waals surface area (Å²) in [7, 11) is 1.62. The predicted molar refractivity (Wildman–Crippen MR) is 93.2 cm³/mol. The minimum atomic E-state index is 0. The molecule has 1 aliphatic rings. The van der Waals surface area contributed by atoms with E-state index < -0.39 is 0 Å². The van der Waals surface area contributed by atoms with Crippen LogP contribution in [0, 0.1) is 20.0 Å². The smallest absolute Gasteiger partial charge is 0 e. The van der Waals surface area contributed by atoms with Gasteiger partial charge in [-0.1, -0.05) is 24.3 Å². The predicted octanol–water partition coefficient (Wildman–Crippen LogP) is 3.34. The van der Waals surface area contributed by atoms with Crippen LogP contribution in [0.1, 0.15) is 12.8 Å². The Labute approximate surface area is 170 Å². The maximum absolute atomic E-state index is 12.7. The number of allylic oxidation sites excluding steroid dienone is 2. The van der Waals surface area contributed by atoms with Crippen molar-refractivity contribution in [3.63, 3.8) is 0 Å². The van der Waals surface area contributed by atoms with E-state index in [0.717, 1.165) is 29.9 Å². The number of hydrogen-bond acceptors (Lipinski definition) is 2. The Bertz CT molecular complexity index is 660. The quantitative estimate of drug-likeness (QED) is 0.323. The van der Waals surface area contributed by atoms with Crippen LogP contribution >= 0.6 is 0 Å². The summed E-state index contributed by atoms with van der Waals surface area (Å²) in [4.78, 5) is 14.4. The van der Waals surface area contributed by atoms with E-state index in [1.807, 2.05) is 42.5 Å². The molecule has 1 amide bonds. The van der Waals surface area contributed by atoms with Crippen LogP contribution in [0.5, 0.6) is 0 Å². The Kier molecular flexibility index (Phi) is 21.4. The molecule has 2 rings (SSSR count). The summed E-state index contributed by atoms with van der Waals surface area (Å²) in [6, 6.07) is 9.64. The van der Waals surface area contributed by atoms with Crippen molar-refractivity contribution in [1.29, 1.82) is 0 Å². The summed E-state index contributed by atoms with van der Waals surface area (Å²) in [5.41, 5.74) is 1.65. The average Bonchev–Trinajstić information content (AvgIpc) is 2.76. The molecule has 0 saturated heterocycles. The van der Waals surface area contributed by atoms with Gasteiger partial charge in [-0.05, 0) is 37.1 Å². The molecule has 0 bridgehead atoms. The standard InChI is InChI=1S/C17H19NO2.3CO.Fe/c1-3-12-18(15-9-5-4-6-10-15)17(19)14-8-7-11-16(13-14)20-2;3*1-2;/h3-6,9-11,13H,1,7-8,12H2,2H3;;;;. The number of methoxy groups -OCH3 is 1. The molecule has 27 heavy (non-hydrogen) atoms. The monoisotopic (exact) mass is 409 g/mol. The summed E-state index contributed by atoms with van der Waals surface area (Å²) in [6.07, 6.45) is 7.13. The van der Waals surface area contributed by atoms with Gasteiger partial charge < -0.3 is 9.64 Å². The van der Waals surface area contributed by atoms with Crippen LogP contribution in [0.2, 0.25) is 0 Å². The molecular weight excluding hydrogens is 390 g/mol. The van der Waals surface area contributed by atoms with E-state index in [1.54, 1.807) is 18.1 Å². The molecule has 142 valence electrons. The number of carbonyl (C=O) groups excluding carboxylic acids is 1. The van der Waals surface area contributed by atoms with Gasteiger partial charge in [-0.3, -0.25) is 4.79 Å². The van der Waals surface area contributed by atoms with Gasteiger partial charge in [-0.25, -0.2) is 0 Å². The normalized spacial score (nSPS) is 10.6. The summed E-state index contributed by atoms with van der Waals surface area (Å²) in [5.74, 6) is 0.768. The second-order valence-electron chi connectivity index (χ2n) is 4.56. The van der Waals surface area contributed by atoms with E-state index in [9.17, 15) is 4.79 Å². The van der Waals surface area contributed by atoms with Crippen molar-refractivity contribution in [3.05, 3.63) is 86.4 Å². The van der Waals surface area contributed by atoms with Gasteiger partial charge >= 0.3 is 33.9 Å². The number of rotatable bonds is 5. The summed E-state index contributed by atoms with van der Waals surface area (Å²) < 4.78 is 27.7. The van der Waals surface area contributed by atoms with Gasteiger partial charge in [0.2, 0.25) is 0 Å². The maximum atomic E-state index is 12.7. The average molecular weight is 409 g/mol. The number of nitrogens with zero attached hydrogens (tertiary/aromatic N) is 1. The number of ether oxygens (including phenoxy) is 1. The minimum Gasteiger partial charge on any atom is 0 e. The van der Waals surface area contributed by atoms with E-state index in [2.05, 4.69) is 26.5 Å². The van der Waals surface area contributed by atoms with Gasteiger partial charge in [0.05, 0.1) is 7.11 Å². The van der Waals surface area contributed by atoms with Gasteiger partial charge in [0.15, 0.2) is 0 Å². The second kappa shape index (κ2) is 19.8. The third-order valence-electron chi connectivity index (χ3n) is 3.21. The summed E-state index contributed by atoms with van der Waals surface area (Å²) >= 11 is 0. The Morgan fingerprint density at radius 2 is 1.74 bits per heavy atom. The van der Waals surface area contributed by atoms with Crippen LogP contribution in [0.15, 0.2) is 66.5 Å². The summed E-state index contributed by atoms with van der Waals surface area (Å²) in [6.45, 7) is 17.7. The minimum absolute atomic E-state index is 0. The molecule has 0 N–H and O–H groups in total. The van der Waals surface area contributed by atoms with Crippen molar-refractivity contribution in [1.82, 2.24) is 0 Å². The number of carbonyl (C=O) groups is 1. The first kappa shape index (κ1) is 29.2. The molecule has 0 aromatic heterocycles. The van der Waals surface area contributed by atoms with Crippen molar-refractivity contribution in [2.75, 3.05) is 18.6 Å². The molecule has 1 aromatic carbocycles. The zero-order valence-corrected chi connectivity index (χ0v) is 15.9. The Hall–Kier alpha value is -2.55. The molecule has 0 atom stereocenters. The molecule has 0 aliphatic heterocycles. The molecule has 1 aliphatic carbocycles. The van der Waals surface area contributed by atoms with Crippen LogP contribution in [0.25, 0.3) is 0 Å². The van der Waals surface area contributed by atoms with E-state index in [4.69, 9.17) is 18.7 Å². The molecule has 0 heterocycles. The fourth-order valence-corrected chi connectivity index (χ4v) is 2.20. The number of amides is 1. The maximum Gasteiger partial charge on any atom is 0 e. The number of para-hydroxylation sites is 1. The van der Waals surface area contributed by atoms with Gasteiger partial charge in [0.1, 0.15) is 5.76 Å². The third-order valence-corrected chi connectivity index (χ3v) is 3.21. The van der Waals surface area contributed by atoms with Crippen molar-refractivity contribution in [3.8, 4) is 0 Å². The molecule has 0 radical (unpaired) electrons. The van der Waals surface area contributed by atoms with Crippen LogP contribution in [0.3, 0.4) is 0 Å². The molecular formula is C20H19FeNO5. The van der Waals surface area contributed by atoms with Crippen molar-refractivity contribution >= 4 is 11.6 Å². The van der Waals surface area contributed by atoms with Crippen LogP contribution < -0.4 is 4.90 Å². The molecule has 1 aromatic rings. The van der Waals surface area contributed by atoms with Crippen molar-refractivity contribution in [2.24, 2.45) is 0 Å². The van der Waals surface area contributed by atoms with Crippen molar-refractivity contribution in [2.45, 2.75) is 12.8 Å². The molecule has 0 saturated carbocycles. The zero-order chi connectivity index (χ0) is 20.4. The van der Waals surface area contributed by atoms with Crippen LogP contribution in [-0.4, -0.2) is 19.6 Å². The van der Waals surface area contributed by atoms with Gasteiger partial charge in [0, 0.05) is 34.9 Å². The molecule has 7 heteroatoms. The largest absolute Gasteiger partial charge is 0 e. The number of benzene rings is 1. The fraction of sp³-hybridized carbons (Fsp3) is 0.200. The first-order valence-corrected chi connectivity index (χ1v) is 7.30. The molecule has 6 nitrogen and oxygen atoms in total. The molecule has 0 spiro atoms. The van der Waals surface area contributed by atoms with E-state index >= 15 is 0 Å². The van der Waals surface area contributed by atoms with Gasteiger partial charge in [0.25, 0.3) is 5.91 Å². The topological polar surface area (TPSA) is 89.2 Å². The second-order valence-corrected chi connectivity index (χ2v) is 4.56. The van der Waals surface area contributed by atoms with Gasteiger partial charge in [-0.15, -0.1) is 6.58 Å². The molecule has 0 unspecified atom stereocenters. The zero-order valence-electron chi connectivity index (χ0n) is 14.8. The first-order valence-electron chi connectivity index (χ1n) is 7.30. The fourth-order valence-electron chi connectivity index (χ4n) is 2.20. The van der Waals surface area contributed by atoms with E-state index in [0.29, 0.717) is 6.54 Å². The Balaban J connectivity index is -0.000000749.